The minimum Gasteiger partial charge on any atom is -0.294 e. The Morgan fingerprint density at radius 1 is 1.14 bits per heavy atom. The number of hydrogen-bond donors (Lipinski definition) is 0. The third-order valence-corrected chi connectivity index (χ3v) is 3.94. The summed E-state index contributed by atoms with van der Waals surface area (Å²) in [6.07, 6.45) is -0.193. The first-order valence-corrected chi connectivity index (χ1v) is 6.98. The Bertz CT molecular complexity index is 809. The molecule has 3 heterocycles. The van der Waals surface area contributed by atoms with Crippen molar-refractivity contribution < 1.29 is 13.2 Å². The van der Waals surface area contributed by atoms with Gasteiger partial charge in [-0.2, -0.15) is 13.2 Å². The predicted molar refractivity (Wildman–Crippen MR) is 78.7 cm³/mol. The van der Waals surface area contributed by atoms with Crippen LogP contribution in [0.1, 0.15) is 11.3 Å². The molecule has 0 N–H and O–H groups in total. The smallest absolute Gasteiger partial charge is 0.294 e. The molecule has 0 radical (unpaired) electrons. The van der Waals surface area contributed by atoms with E-state index in [1.165, 1.54) is 10.5 Å². The topological polar surface area (TPSA) is 43.1 Å². The predicted octanol–water partition coefficient (Wildman–Crippen LogP) is 3.72. The lowest BCUT2D eigenvalue weighted by atomic mass is 10.3. The first-order valence-electron chi connectivity index (χ1n) is 5.90. The average molecular weight is 404 g/mol. The minimum absolute atomic E-state index is 0.435. The SMILES string of the molecule is Cc1cnc(-c2nc3ccc(C(F)(F)F)cn3c2I)cn1. The van der Waals surface area contributed by atoms with Gasteiger partial charge in [0.15, 0.2) is 0 Å². The number of imidazole rings is 1. The van der Waals surface area contributed by atoms with Crippen molar-refractivity contribution in [3.63, 3.8) is 0 Å². The number of aryl methyl sites for hydroxylation is 1. The summed E-state index contributed by atoms with van der Waals surface area (Å²) in [5.74, 6) is 0. The number of aromatic nitrogens is 4. The maximum Gasteiger partial charge on any atom is 0.417 e. The Balaban J connectivity index is 2.18. The van der Waals surface area contributed by atoms with Crippen molar-refractivity contribution in [3.05, 3.63) is 45.7 Å². The van der Waals surface area contributed by atoms with Gasteiger partial charge in [-0.15, -0.1) is 0 Å². The van der Waals surface area contributed by atoms with E-state index in [9.17, 15) is 13.2 Å². The molecule has 8 heteroatoms. The van der Waals surface area contributed by atoms with Gasteiger partial charge in [0.1, 0.15) is 20.7 Å². The van der Waals surface area contributed by atoms with E-state index in [-0.39, 0.29) is 0 Å². The highest BCUT2D eigenvalue weighted by Crippen LogP contribution is 2.31. The summed E-state index contributed by atoms with van der Waals surface area (Å²) in [5.41, 5.74) is 1.53. The molecule has 0 bridgehead atoms. The zero-order valence-electron chi connectivity index (χ0n) is 10.7. The molecule has 3 aromatic rings. The van der Waals surface area contributed by atoms with Crippen LogP contribution in [0.5, 0.6) is 0 Å². The maximum absolute atomic E-state index is 12.8. The Kier molecular flexibility index (Phi) is 3.34. The number of halogens is 4. The van der Waals surface area contributed by atoms with Crippen LogP contribution in [0.15, 0.2) is 30.7 Å². The van der Waals surface area contributed by atoms with Crippen molar-refractivity contribution in [1.29, 1.82) is 0 Å². The Labute approximate surface area is 131 Å². The summed E-state index contributed by atoms with van der Waals surface area (Å²) < 4.78 is 40.3. The van der Waals surface area contributed by atoms with Gasteiger partial charge >= 0.3 is 6.18 Å². The van der Waals surface area contributed by atoms with Crippen LogP contribution in [0, 0.1) is 10.6 Å². The molecule has 0 fully saturated rings. The molecule has 21 heavy (non-hydrogen) atoms. The zero-order chi connectivity index (χ0) is 15.2. The molecule has 0 saturated carbocycles. The van der Waals surface area contributed by atoms with Crippen molar-refractivity contribution in [2.75, 3.05) is 0 Å². The number of nitrogens with zero attached hydrogens (tertiary/aromatic N) is 4. The molecule has 0 saturated heterocycles. The van der Waals surface area contributed by atoms with Crippen molar-refractivity contribution in [2.24, 2.45) is 0 Å². The van der Waals surface area contributed by atoms with Gasteiger partial charge < -0.3 is 0 Å². The van der Waals surface area contributed by atoms with Gasteiger partial charge in [0.25, 0.3) is 0 Å². The summed E-state index contributed by atoms with van der Waals surface area (Å²) >= 11 is 1.96. The quantitative estimate of drug-likeness (QED) is 0.581. The lowest BCUT2D eigenvalue weighted by Crippen LogP contribution is -2.06. The third kappa shape index (κ3) is 2.59. The molecule has 0 unspecified atom stereocenters. The molecule has 0 aliphatic carbocycles. The van der Waals surface area contributed by atoms with Gasteiger partial charge in [0.2, 0.25) is 0 Å². The molecule has 0 aliphatic rings. The summed E-state index contributed by atoms with van der Waals surface area (Å²) in [6, 6.07) is 2.36. The molecule has 4 nitrogen and oxygen atoms in total. The lowest BCUT2D eigenvalue weighted by Gasteiger charge is -2.06. The first-order chi connectivity index (χ1) is 9.86. The lowest BCUT2D eigenvalue weighted by molar-refractivity contribution is -0.137. The normalized spacial score (nSPS) is 12.0. The molecule has 0 spiro atoms. The molecule has 0 atom stereocenters. The van der Waals surface area contributed by atoms with E-state index in [1.807, 2.05) is 22.6 Å². The van der Waals surface area contributed by atoms with Gasteiger partial charge in [-0.05, 0) is 41.6 Å². The third-order valence-electron chi connectivity index (χ3n) is 2.91. The number of alkyl halides is 3. The van der Waals surface area contributed by atoms with Gasteiger partial charge in [-0.1, -0.05) is 0 Å². The van der Waals surface area contributed by atoms with E-state index in [1.54, 1.807) is 19.3 Å². The largest absolute Gasteiger partial charge is 0.417 e. The molecule has 0 amide bonds. The Morgan fingerprint density at radius 3 is 2.52 bits per heavy atom. The van der Waals surface area contributed by atoms with Crippen molar-refractivity contribution >= 4 is 28.2 Å². The van der Waals surface area contributed by atoms with E-state index in [0.29, 0.717) is 20.7 Å². The molecular weight excluding hydrogens is 396 g/mol. The van der Waals surface area contributed by atoms with Crippen molar-refractivity contribution in [2.45, 2.75) is 13.1 Å². The Hall–Kier alpha value is -1.71. The van der Waals surface area contributed by atoms with Gasteiger partial charge in [0.05, 0.1) is 17.5 Å². The number of hydrogen-bond acceptors (Lipinski definition) is 3. The summed E-state index contributed by atoms with van der Waals surface area (Å²) in [6.45, 7) is 1.81. The van der Waals surface area contributed by atoms with E-state index in [2.05, 4.69) is 15.0 Å². The number of fused-ring (bicyclic) bond motifs is 1. The van der Waals surface area contributed by atoms with E-state index in [4.69, 9.17) is 0 Å². The van der Waals surface area contributed by atoms with Crippen LogP contribution in [0.4, 0.5) is 13.2 Å². The highest BCUT2D eigenvalue weighted by molar-refractivity contribution is 14.1. The Morgan fingerprint density at radius 2 is 1.90 bits per heavy atom. The molecule has 0 aromatic carbocycles. The molecular formula is C13H8F3IN4. The van der Waals surface area contributed by atoms with Crippen LogP contribution in [0.25, 0.3) is 17.0 Å². The van der Waals surface area contributed by atoms with E-state index < -0.39 is 11.7 Å². The first kappa shape index (κ1) is 14.2. The van der Waals surface area contributed by atoms with Crippen LogP contribution in [0.2, 0.25) is 0 Å². The molecule has 3 rings (SSSR count). The van der Waals surface area contributed by atoms with Crippen LogP contribution in [-0.2, 0) is 6.18 Å². The maximum atomic E-state index is 12.8. The molecule has 3 aromatic heterocycles. The second-order valence-electron chi connectivity index (χ2n) is 4.44. The van der Waals surface area contributed by atoms with Gasteiger partial charge in [0, 0.05) is 12.4 Å². The van der Waals surface area contributed by atoms with E-state index in [0.717, 1.165) is 18.0 Å². The van der Waals surface area contributed by atoms with Crippen molar-refractivity contribution in [3.8, 4) is 11.4 Å². The van der Waals surface area contributed by atoms with Crippen LogP contribution in [-0.4, -0.2) is 19.4 Å². The van der Waals surface area contributed by atoms with Crippen LogP contribution in [0.3, 0.4) is 0 Å². The highest BCUT2D eigenvalue weighted by Gasteiger charge is 2.31. The summed E-state index contributed by atoms with van der Waals surface area (Å²) in [5, 5.41) is 0. The fraction of sp³-hybridized carbons (Fsp3) is 0.154. The van der Waals surface area contributed by atoms with Crippen molar-refractivity contribution in [1.82, 2.24) is 19.4 Å². The van der Waals surface area contributed by atoms with Gasteiger partial charge in [-0.3, -0.25) is 14.4 Å². The summed E-state index contributed by atoms with van der Waals surface area (Å²) in [4.78, 5) is 12.7. The average Bonchev–Trinajstić information content (AvgIpc) is 2.76. The fourth-order valence-electron chi connectivity index (χ4n) is 1.86. The zero-order valence-corrected chi connectivity index (χ0v) is 12.8. The van der Waals surface area contributed by atoms with E-state index >= 15 is 0 Å². The molecule has 0 aliphatic heterocycles. The number of rotatable bonds is 1. The second kappa shape index (κ2) is 4.93. The fourth-order valence-corrected chi connectivity index (χ4v) is 2.64. The molecule has 108 valence electrons. The van der Waals surface area contributed by atoms with Crippen LogP contribution < -0.4 is 0 Å². The second-order valence-corrected chi connectivity index (χ2v) is 5.46. The van der Waals surface area contributed by atoms with Gasteiger partial charge in [-0.25, -0.2) is 4.98 Å². The summed E-state index contributed by atoms with van der Waals surface area (Å²) in [7, 11) is 0. The number of pyridine rings is 1. The highest BCUT2D eigenvalue weighted by atomic mass is 127. The standard InChI is InChI=1S/C13H8F3IN4/c1-7-4-19-9(5-18-7)11-12(17)21-6-8(13(14,15)16)2-3-10(21)20-11/h2-6H,1H3. The van der Waals surface area contributed by atoms with Crippen LogP contribution >= 0.6 is 22.6 Å². The minimum atomic E-state index is -4.38. The monoisotopic (exact) mass is 404 g/mol.